The summed E-state index contributed by atoms with van der Waals surface area (Å²) < 4.78 is 0. The van der Waals surface area contributed by atoms with E-state index in [0.29, 0.717) is 13.0 Å². The van der Waals surface area contributed by atoms with E-state index in [4.69, 9.17) is 5.11 Å². The van der Waals surface area contributed by atoms with Crippen LogP contribution in [0.1, 0.15) is 33.1 Å². The number of urea groups is 1. The van der Waals surface area contributed by atoms with Crippen molar-refractivity contribution in [3.8, 4) is 0 Å². The lowest BCUT2D eigenvalue weighted by atomic mass is 10.0. The molecule has 0 rings (SSSR count). The van der Waals surface area contributed by atoms with Gasteiger partial charge in [-0.3, -0.25) is 4.79 Å². The van der Waals surface area contributed by atoms with Crippen molar-refractivity contribution in [2.45, 2.75) is 39.2 Å². The van der Waals surface area contributed by atoms with Crippen LogP contribution in [-0.2, 0) is 4.79 Å². The van der Waals surface area contributed by atoms with Crippen molar-refractivity contribution in [2.24, 2.45) is 5.92 Å². The molecule has 3 N–H and O–H groups in total. The van der Waals surface area contributed by atoms with Crippen LogP contribution in [0.15, 0.2) is 12.7 Å². The fourth-order valence-electron chi connectivity index (χ4n) is 1.60. The van der Waals surface area contributed by atoms with Crippen molar-refractivity contribution in [1.29, 1.82) is 0 Å². The first-order valence-corrected chi connectivity index (χ1v) is 8.08. The molecule has 2 amide bonds. The van der Waals surface area contributed by atoms with Crippen LogP contribution in [0, 0.1) is 5.92 Å². The number of carbonyl (C=O) groups excluding carboxylic acids is 1. The minimum absolute atomic E-state index is 0.0526. The first kappa shape index (κ1) is 18.8. The zero-order chi connectivity index (χ0) is 15.4. The Kier molecular flexibility index (Phi) is 11.0. The summed E-state index contributed by atoms with van der Waals surface area (Å²) in [6.45, 7) is 7.89. The maximum absolute atomic E-state index is 11.5. The smallest absolute Gasteiger partial charge is 0.315 e. The van der Waals surface area contributed by atoms with E-state index in [1.165, 1.54) is 0 Å². The van der Waals surface area contributed by atoms with Gasteiger partial charge in [-0.2, -0.15) is 11.8 Å². The predicted molar refractivity (Wildman–Crippen MR) is 84.2 cm³/mol. The van der Waals surface area contributed by atoms with Crippen molar-refractivity contribution >= 4 is 23.8 Å². The Labute approximate surface area is 125 Å². The van der Waals surface area contributed by atoms with Gasteiger partial charge in [0.05, 0.1) is 5.92 Å². The van der Waals surface area contributed by atoms with Crippen LogP contribution in [0.3, 0.4) is 0 Å². The van der Waals surface area contributed by atoms with Crippen LogP contribution in [-0.4, -0.2) is 41.2 Å². The van der Waals surface area contributed by atoms with E-state index in [9.17, 15) is 9.59 Å². The highest BCUT2D eigenvalue weighted by molar-refractivity contribution is 7.99. The summed E-state index contributed by atoms with van der Waals surface area (Å²) in [5.41, 5.74) is 0. The van der Waals surface area contributed by atoms with Crippen molar-refractivity contribution in [3.63, 3.8) is 0 Å². The predicted octanol–water partition coefficient (Wildman–Crippen LogP) is 2.48. The van der Waals surface area contributed by atoms with E-state index in [-0.39, 0.29) is 18.0 Å². The molecule has 0 saturated heterocycles. The Morgan fingerprint density at radius 1 is 1.35 bits per heavy atom. The molecule has 0 saturated carbocycles. The molecule has 0 bridgehead atoms. The van der Waals surface area contributed by atoms with Gasteiger partial charge in [-0.05, 0) is 19.8 Å². The van der Waals surface area contributed by atoms with Gasteiger partial charge in [-0.25, -0.2) is 4.79 Å². The number of carboxylic acid groups (broad SMARTS) is 1. The van der Waals surface area contributed by atoms with E-state index in [1.807, 2.05) is 13.0 Å². The number of aliphatic carboxylic acids is 1. The van der Waals surface area contributed by atoms with Crippen molar-refractivity contribution < 1.29 is 14.7 Å². The molecule has 0 aliphatic carbocycles. The molecule has 20 heavy (non-hydrogen) atoms. The fourth-order valence-corrected chi connectivity index (χ4v) is 2.18. The number of hydrogen-bond acceptors (Lipinski definition) is 3. The van der Waals surface area contributed by atoms with E-state index >= 15 is 0 Å². The molecule has 0 aromatic heterocycles. The molecule has 0 fully saturated rings. The quantitative estimate of drug-likeness (QED) is 0.405. The summed E-state index contributed by atoms with van der Waals surface area (Å²) in [4.78, 5) is 22.2. The molecule has 5 nitrogen and oxygen atoms in total. The van der Waals surface area contributed by atoms with Crippen LogP contribution < -0.4 is 10.6 Å². The van der Waals surface area contributed by atoms with Gasteiger partial charge in [0.25, 0.3) is 0 Å². The van der Waals surface area contributed by atoms with E-state index in [0.717, 1.165) is 24.3 Å². The summed E-state index contributed by atoms with van der Waals surface area (Å²) in [7, 11) is 0. The number of rotatable bonds is 11. The molecular weight excluding hydrogens is 276 g/mol. The number of nitrogens with one attached hydrogen (secondary N) is 2. The Morgan fingerprint density at radius 2 is 2.05 bits per heavy atom. The molecule has 0 aromatic rings. The molecule has 116 valence electrons. The van der Waals surface area contributed by atoms with Crippen molar-refractivity contribution in [2.75, 3.05) is 18.1 Å². The summed E-state index contributed by atoms with van der Waals surface area (Å²) >= 11 is 1.72. The molecule has 6 heteroatoms. The average molecular weight is 302 g/mol. The van der Waals surface area contributed by atoms with Gasteiger partial charge in [0.2, 0.25) is 0 Å². The highest BCUT2D eigenvalue weighted by Crippen LogP contribution is 2.09. The van der Waals surface area contributed by atoms with Gasteiger partial charge in [0, 0.05) is 24.1 Å². The maximum atomic E-state index is 11.5. The van der Waals surface area contributed by atoms with Gasteiger partial charge >= 0.3 is 12.0 Å². The van der Waals surface area contributed by atoms with Crippen LogP contribution in [0.4, 0.5) is 4.79 Å². The zero-order valence-electron chi connectivity index (χ0n) is 12.4. The Balaban J connectivity index is 3.59. The monoisotopic (exact) mass is 302 g/mol. The second-order valence-corrected chi connectivity index (χ2v) is 5.98. The lowest BCUT2D eigenvalue weighted by Crippen LogP contribution is -2.41. The summed E-state index contributed by atoms with van der Waals surface area (Å²) in [5.74, 6) is 0.670. The standard InChI is InChI=1S/C14H26N2O3S/c1-4-9-20-10-8-15-14(19)16-12(3)7-5-6-11(2)13(17)18/h4,11-12H,1,5-10H2,2-3H3,(H,17,18)(H2,15,16,19). The van der Waals surface area contributed by atoms with Crippen LogP contribution in [0.5, 0.6) is 0 Å². The number of amides is 2. The minimum atomic E-state index is -0.764. The average Bonchev–Trinajstić information content (AvgIpc) is 2.38. The van der Waals surface area contributed by atoms with Crippen molar-refractivity contribution in [1.82, 2.24) is 10.6 Å². The second kappa shape index (κ2) is 11.6. The third-order valence-corrected chi connectivity index (χ3v) is 3.81. The van der Waals surface area contributed by atoms with Gasteiger partial charge in [-0.15, -0.1) is 6.58 Å². The minimum Gasteiger partial charge on any atom is -0.481 e. The molecule has 0 aliphatic rings. The highest BCUT2D eigenvalue weighted by atomic mass is 32.2. The normalized spacial score (nSPS) is 13.3. The van der Waals surface area contributed by atoms with E-state index < -0.39 is 5.97 Å². The molecule has 0 spiro atoms. The first-order chi connectivity index (χ1) is 9.47. The number of carboxylic acids is 1. The van der Waals surface area contributed by atoms with Gasteiger partial charge in [0.1, 0.15) is 0 Å². The third-order valence-electron chi connectivity index (χ3n) is 2.84. The fraction of sp³-hybridized carbons (Fsp3) is 0.714. The largest absolute Gasteiger partial charge is 0.481 e. The molecule has 0 aromatic carbocycles. The second-order valence-electron chi connectivity index (χ2n) is 4.84. The van der Waals surface area contributed by atoms with Crippen molar-refractivity contribution in [3.05, 3.63) is 12.7 Å². The Bertz CT molecular complexity index is 311. The Hall–Kier alpha value is -1.17. The van der Waals surface area contributed by atoms with Gasteiger partial charge in [-0.1, -0.05) is 19.4 Å². The van der Waals surface area contributed by atoms with Crippen LogP contribution in [0.25, 0.3) is 0 Å². The van der Waals surface area contributed by atoms with Gasteiger partial charge in [0.15, 0.2) is 0 Å². The van der Waals surface area contributed by atoms with Gasteiger partial charge < -0.3 is 15.7 Å². The molecular formula is C14H26N2O3S. The topological polar surface area (TPSA) is 78.4 Å². The lowest BCUT2D eigenvalue weighted by Gasteiger charge is -2.15. The number of hydrogen-bond donors (Lipinski definition) is 3. The number of thioether (sulfide) groups is 1. The summed E-state index contributed by atoms with van der Waals surface area (Å²) in [6.07, 6.45) is 4.06. The van der Waals surface area contributed by atoms with Crippen LogP contribution >= 0.6 is 11.8 Å². The summed E-state index contributed by atoms with van der Waals surface area (Å²) in [5, 5.41) is 14.4. The molecule has 2 atom stereocenters. The van der Waals surface area contributed by atoms with E-state index in [2.05, 4.69) is 17.2 Å². The molecule has 0 aliphatic heterocycles. The highest BCUT2D eigenvalue weighted by Gasteiger charge is 2.12. The summed E-state index contributed by atoms with van der Waals surface area (Å²) in [6, 6.07) is -0.111. The van der Waals surface area contributed by atoms with Crippen LogP contribution in [0.2, 0.25) is 0 Å². The third kappa shape index (κ3) is 10.7. The Morgan fingerprint density at radius 3 is 2.65 bits per heavy atom. The lowest BCUT2D eigenvalue weighted by molar-refractivity contribution is -0.141. The molecule has 0 radical (unpaired) electrons. The maximum Gasteiger partial charge on any atom is 0.315 e. The molecule has 0 heterocycles. The SMILES string of the molecule is C=CCSCCNC(=O)NC(C)CCCC(C)C(=O)O. The first-order valence-electron chi connectivity index (χ1n) is 6.93. The molecule has 2 unspecified atom stereocenters. The van der Waals surface area contributed by atoms with E-state index in [1.54, 1.807) is 18.7 Å². The zero-order valence-corrected chi connectivity index (χ0v) is 13.2. The number of carbonyl (C=O) groups is 2.